The van der Waals surface area contributed by atoms with Gasteiger partial charge in [-0.05, 0) is 18.1 Å². The van der Waals surface area contributed by atoms with E-state index in [-0.39, 0.29) is 18.9 Å². The molecule has 0 aromatic heterocycles. The number of nitrogens with zero attached hydrogens (tertiary/aromatic N) is 1. The molecule has 1 heterocycles. The quantitative estimate of drug-likeness (QED) is 0.858. The van der Waals surface area contributed by atoms with Crippen molar-refractivity contribution in [3.63, 3.8) is 0 Å². The number of carboxylic acids is 1. The summed E-state index contributed by atoms with van der Waals surface area (Å²) < 4.78 is 11.0. The Bertz CT molecular complexity index is 531. The van der Waals surface area contributed by atoms with Crippen LogP contribution < -0.4 is 4.74 Å². The number of morpholine rings is 1. The summed E-state index contributed by atoms with van der Waals surface area (Å²) in [5.74, 6) is -0.356. The summed E-state index contributed by atoms with van der Waals surface area (Å²) in [7, 11) is 0. The lowest BCUT2D eigenvalue weighted by molar-refractivity contribution is -0.148. The van der Waals surface area contributed by atoms with Gasteiger partial charge in [-0.3, -0.25) is 9.59 Å². The maximum atomic E-state index is 12.2. The third kappa shape index (κ3) is 4.46. The Hall–Kier alpha value is -2.08. The zero-order chi connectivity index (χ0) is 15.9. The van der Waals surface area contributed by atoms with Crippen molar-refractivity contribution in [1.82, 2.24) is 4.90 Å². The summed E-state index contributed by atoms with van der Waals surface area (Å²) in [6.45, 7) is 3.10. The smallest absolute Gasteiger partial charge is 0.306 e. The number of benzene rings is 1. The molecular weight excluding hydrogens is 286 g/mol. The normalized spacial score (nSPS) is 18.0. The number of carboxylic acid groups (broad SMARTS) is 1. The van der Waals surface area contributed by atoms with Crippen molar-refractivity contribution in [1.29, 1.82) is 0 Å². The number of aryl methyl sites for hydroxylation is 1. The lowest BCUT2D eigenvalue weighted by Crippen LogP contribution is -2.47. The van der Waals surface area contributed by atoms with Crippen molar-refractivity contribution in [2.75, 3.05) is 26.3 Å². The molecule has 0 unspecified atom stereocenters. The van der Waals surface area contributed by atoms with Gasteiger partial charge in [0.05, 0.1) is 19.1 Å². The number of carbonyl (C=O) groups excluding carboxylic acids is 1. The van der Waals surface area contributed by atoms with Crippen LogP contribution in [0.1, 0.15) is 18.9 Å². The molecule has 2 rings (SSSR count). The highest BCUT2D eigenvalue weighted by Crippen LogP contribution is 2.18. The van der Waals surface area contributed by atoms with Gasteiger partial charge in [-0.1, -0.05) is 25.1 Å². The topological polar surface area (TPSA) is 76.1 Å². The standard InChI is InChI=1S/C16H21NO5/c1-2-12-5-3-4-6-14(12)22-11-15(18)17-7-8-21-13(10-17)9-16(19)20/h3-6,13H,2,7-11H2,1H3,(H,19,20)/t13-/m0/s1. The molecule has 1 amide bonds. The van der Waals surface area contributed by atoms with Crippen molar-refractivity contribution in [2.24, 2.45) is 0 Å². The average molecular weight is 307 g/mol. The number of rotatable bonds is 6. The number of amides is 1. The molecule has 1 aromatic rings. The van der Waals surface area contributed by atoms with Crippen LogP contribution in [0.25, 0.3) is 0 Å². The first-order valence-corrected chi connectivity index (χ1v) is 7.42. The molecule has 1 fully saturated rings. The molecule has 0 radical (unpaired) electrons. The van der Waals surface area contributed by atoms with E-state index in [1.165, 1.54) is 0 Å². The second-order valence-corrected chi connectivity index (χ2v) is 5.18. The first-order chi connectivity index (χ1) is 10.6. The molecule has 22 heavy (non-hydrogen) atoms. The van der Waals surface area contributed by atoms with Gasteiger partial charge in [0.2, 0.25) is 0 Å². The lowest BCUT2D eigenvalue weighted by Gasteiger charge is -2.32. The molecule has 1 saturated heterocycles. The van der Waals surface area contributed by atoms with Crippen molar-refractivity contribution >= 4 is 11.9 Å². The predicted molar refractivity (Wildman–Crippen MR) is 79.9 cm³/mol. The summed E-state index contributed by atoms with van der Waals surface area (Å²) in [6, 6.07) is 7.62. The molecule has 6 heteroatoms. The Kier molecular flexibility index (Phi) is 5.77. The van der Waals surface area contributed by atoms with Gasteiger partial charge in [-0.15, -0.1) is 0 Å². The molecule has 6 nitrogen and oxygen atoms in total. The molecule has 0 bridgehead atoms. The van der Waals surface area contributed by atoms with E-state index in [2.05, 4.69) is 0 Å². The number of ether oxygens (including phenoxy) is 2. The second-order valence-electron chi connectivity index (χ2n) is 5.18. The largest absolute Gasteiger partial charge is 0.483 e. The van der Waals surface area contributed by atoms with E-state index in [0.29, 0.717) is 25.4 Å². The summed E-state index contributed by atoms with van der Waals surface area (Å²) >= 11 is 0. The van der Waals surface area contributed by atoms with Gasteiger partial charge in [-0.25, -0.2) is 0 Å². The minimum Gasteiger partial charge on any atom is -0.483 e. The van der Waals surface area contributed by atoms with Crippen LogP contribution in [0.4, 0.5) is 0 Å². The Balaban J connectivity index is 1.87. The molecule has 0 spiro atoms. The average Bonchev–Trinajstić information content (AvgIpc) is 2.52. The van der Waals surface area contributed by atoms with Gasteiger partial charge in [0.1, 0.15) is 5.75 Å². The highest BCUT2D eigenvalue weighted by Gasteiger charge is 2.26. The monoisotopic (exact) mass is 307 g/mol. The molecule has 120 valence electrons. The van der Waals surface area contributed by atoms with Gasteiger partial charge >= 0.3 is 5.97 Å². The fourth-order valence-electron chi connectivity index (χ4n) is 2.43. The van der Waals surface area contributed by atoms with Crippen LogP contribution in [-0.4, -0.2) is 54.3 Å². The molecule has 0 saturated carbocycles. The van der Waals surface area contributed by atoms with E-state index >= 15 is 0 Å². The fraction of sp³-hybridized carbons (Fsp3) is 0.500. The second kappa shape index (κ2) is 7.79. The first kappa shape index (κ1) is 16.3. The van der Waals surface area contributed by atoms with Gasteiger partial charge in [0.15, 0.2) is 6.61 Å². The van der Waals surface area contributed by atoms with Crippen LogP contribution >= 0.6 is 0 Å². The Morgan fingerprint density at radius 2 is 2.18 bits per heavy atom. The number of para-hydroxylation sites is 1. The third-order valence-electron chi connectivity index (χ3n) is 3.60. The molecule has 0 aliphatic carbocycles. The molecule has 1 aliphatic rings. The highest BCUT2D eigenvalue weighted by atomic mass is 16.5. The van der Waals surface area contributed by atoms with E-state index in [4.69, 9.17) is 14.6 Å². The molecule has 1 aliphatic heterocycles. The third-order valence-corrected chi connectivity index (χ3v) is 3.60. The molecular formula is C16H21NO5. The summed E-state index contributed by atoms with van der Waals surface area (Å²) in [4.78, 5) is 24.5. The minimum atomic E-state index is -0.924. The maximum absolute atomic E-state index is 12.2. The zero-order valence-corrected chi connectivity index (χ0v) is 12.7. The number of aliphatic carboxylic acids is 1. The summed E-state index contributed by atoms with van der Waals surface area (Å²) in [6.07, 6.45) is 0.296. The molecule has 1 N–H and O–H groups in total. The van der Waals surface area contributed by atoms with E-state index in [1.54, 1.807) is 4.90 Å². The Morgan fingerprint density at radius 1 is 1.41 bits per heavy atom. The van der Waals surface area contributed by atoms with Crippen LogP contribution in [0.5, 0.6) is 5.75 Å². The Morgan fingerprint density at radius 3 is 2.91 bits per heavy atom. The van der Waals surface area contributed by atoms with Gasteiger partial charge in [-0.2, -0.15) is 0 Å². The number of hydrogen-bond acceptors (Lipinski definition) is 4. The number of carbonyl (C=O) groups is 2. The highest BCUT2D eigenvalue weighted by molar-refractivity contribution is 5.78. The Labute approximate surface area is 129 Å². The van der Waals surface area contributed by atoms with Crippen molar-refractivity contribution < 1.29 is 24.2 Å². The SMILES string of the molecule is CCc1ccccc1OCC(=O)N1CCO[C@@H](CC(=O)O)C1. The van der Waals surface area contributed by atoms with Gasteiger partial charge in [0.25, 0.3) is 5.91 Å². The van der Waals surface area contributed by atoms with Crippen LogP contribution in [0.2, 0.25) is 0 Å². The van der Waals surface area contributed by atoms with Crippen molar-refractivity contribution in [3.8, 4) is 5.75 Å². The van der Waals surface area contributed by atoms with Crippen LogP contribution in [0.3, 0.4) is 0 Å². The fourth-order valence-corrected chi connectivity index (χ4v) is 2.43. The van der Waals surface area contributed by atoms with E-state index < -0.39 is 12.1 Å². The maximum Gasteiger partial charge on any atom is 0.306 e. The van der Waals surface area contributed by atoms with Gasteiger partial charge in [0, 0.05) is 13.1 Å². The van der Waals surface area contributed by atoms with Crippen molar-refractivity contribution in [3.05, 3.63) is 29.8 Å². The van der Waals surface area contributed by atoms with Crippen LogP contribution in [-0.2, 0) is 20.7 Å². The van der Waals surface area contributed by atoms with Gasteiger partial charge < -0.3 is 19.5 Å². The predicted octanol–water partition coefficient (Wildman–Crippen LogP) is 1.33. The molecule has 1 atom stereocenters. The summed E-state index contributed by atoms with van der Waals surface area (Å²) in [5, 5.41) is 8.79. The zero-order valence-electron chi connectivity index (χ0n) is 12.7. The van der Waals surface area contributed by atoms with Crippen LogP contribution in [0.15, 0.2) is 24.3 Å². The van der Waals surface area contributed by atoms with Crippen LogP contribution in [0, 0.1) is 0 Å². The molecule has 1 aromatic carbocycles. The number of hydrogen-bond donors (Lipinski definition) is 1. The van der Waals surface area contributed by atoms with Crippen molar-refractivity contribution in [2.45, 2.75) is 25.9 Å². The lowest BCUT2D eigenvalue weighted by atomic mass is 10.1. The summed E-state index contributed by atoms with van der Waals surface area (Å²) in [5.41, 5.74) is 1.06. The van der Waals surface area contributed by atoms with E-state index in [0.717, 1.165) is 12.0 Å². The first-order valence-electron chi connectivity index (χ1n) is 7.42. The van der Waals surface area contributed by atoms with E-state index in [9.17, 15) is 9.59 Å². The van der Waals surface area contributed by atoms with E-state index in [1.807, 2.05) is 31.2 Å². The minimum absolute atomic E-state index is 0.0448.